The number of anilines is 1. The van der Waals surface area contributed by atoms with E-state index in [-0.39, 0.29) is 6.04 Å². The normalized spacial score (nSPS) is 10.4. The fraction of sp³-hybridized carbons (Fsp3) is 0.462. The fourth-order valence-electron chi connectivity index (χ4n) is 1.79. The van der Waals surface area contributed by atoms with Gasteiger partial charge in [0, 0.05) is 18.5 Å². The highest BCUT2D eigenvalue weighted by molar-refractivity contribution is 6.33. The molecule has 1 aromatic carbocycles. The third-order valence-corrected chi connectivity index (χ3v) is 3.18. The molecule has 92 valence electrons. The van der Waals surface area contributed by atoms with Crippen molar-refractivity contribution in [3.63, 3.8) is 0 Å². The second kappa shape index (κ2) is 6.74. The van der Waals surface area contributed by atoms with Crippen molar-refractivity contribution in [1.82, 2.24) is 0 Å². The first-order valence-corrected chi connectivity index (χ1v) is 6.50. The second-order valence-corrected chi connectivity index (χ2v) is 4.75. The summed E-state index contributed by atoms with van der Waals surface area (Å²) in [6, 6.07) is 8.16. The van der Waals surface area contributed by atoms with Gasteiger partial charge in [-0.05, 0) is 25.5 Å². The zero-order chi connectivity index (χ0) is 12.8. The van der Waals surface area contributed by atoms with Crippen LogP contribution in [0.4, 0.5) is 5.69 Å². The van der Waals surface area contributed by atoms with Crippen LogP contribution in [0.5, 0.6) is 0 Å². The van der Waals surface area contributed by atoms with Crippen LogP contribution in [-0.4, -0.2) is 12.6 Å². The molecule has 0 radical (unpaired) electrons. The third kappa shape index (κ3) is 3.52. The third-order valence-electron chi connectivity index (χ3n) is 2.59. The summed E-state index contributed by atoms with van der Waals surface area (Å²) in [5, 5.41) is 9.39. The lowest BCUT2D eigenvalue weighted by atomic mass is 10.1. The molecule has 0 aromatic heterocycles. The molecular weight excluding hydrogens is 255 g/mol. The molecule has 0 heterocycles. The molecular formula is C13H16Cl2N2. The Balaban J connectivity index is 3.13. The Morgan fingerprint density at radius 1 is 1.41 bits per heavy atom. The topological polar surface area (TPSA) is 27.0 Å². The van der Waals surface area contributed by atoms with Gasteiger partial charge in [0.05, 0.1) is 23.2 Å². The molecule has 0 aliphatic rings. The minimum atomic E-state index is 0.283. The molecule has 4 heteroatoms. The first kappa shape index (κ1) is 14.2. The summed E-state index contributed by atoms with van der Waals surface area (Å²) >= 11 is 12.2. The van der Waals surface area contributed by atoms with Crippen LogP contribution >= 0.6 is 23.2 Å². The van der Waals surface area contributed by atoms with E-state index < -0.39 is 0 Å². The summed E-state index contributed by atoms with van der Waals surface area (Å²) in [6.45, 7) is 4.83. The highest BCUT2D eigenvalue weighted by atomic mass is 35.5. The van der Waals surface area contributed by atoms with Gasteiger partial charge in [0.2, 0.25) is 0 Å². The van der Waals surface area contributed by atoms with Gasteiger partial charge in [0.1, 0.15) is 0 Å². The first-order chi connectivity index (χ1) is 8.11. The Bertz CT molecular complexity index is 410. The van der Waals surface area contributed by atoms with E-state index in [0.717, 1.165) is 11.3 Å². The van der Waals surface area contributed by atoms with Crippen molar-refractivity contribution >= 4 is 28.9 Å². The maximum absolute atomic E-state index is 8.70. The van der Waals surface area contributed by atoms with Crippen LogP contribution in [0.15, 0.2) is 18.2 Å². The largest absolute Gasteiger partial charge is 0.367 e. The number of rotatable bonds is 5. The number of nitriles is 1. The Morgan fingerprint density at radius 2 is 2.12 bits per heavy atom. The van der Waals surface area contributed by atoms with E-state index >= 15 is 0 Å². The van der Waals surface area contributed by atoms with Crippen LogP contribution in [-0.2, 0) is 5.88 Å². The molecule has 1 aromatic rings. The highest BCUT2D eigenvalue weighted by Gasteiger charge is 2.16. The highest BCUT2D eigenvalue weighted by Crippen LogP contribution is 2.32. The van der Waals surface area contributed by atoms with Gasteiger partial charge in [-0.25, -0.2) is 0 Å². The molecule has 0 amide bonds. The summed E-state index contributed by atoms with van der Waals surface area (Å²) in [6.07, 6.45) is 0.477. The van der Waals surface area contributed by atoms with Crippen LogP contribution in [0.1, 0.15) is 25.8 Å². The quantitative estimate of drug-likeness (QED) is 0.750. The molecule has 1 rings (SSSR count). The molecule has 0 aliphatic heterocycles. The van der Waals surface area contributed by atoms with E-state index in [2.05, 4.69) is 24.8 Å². The number of halogens is 2. The molecule has 0 unspecified atom stereocenters. The molecule has 0 bridgehead atoms. The molecule has 0 saturated heterocycles. The predicted octanol–water partition coefficient (Wildman–Crippen LogP) is 4.21. The molecule has 17 heavy (non-hydrogen) atoms. The van der Waals surface area contributed by atoms with Gasteiger partial charge >= 0.3 is 0 Å². The first-order valence-electron chi connectivity index (χ1n) is 5.58. The van der Waals surface area contributed by atoms with Gasteiger partial charge in [-0.1, -0.05) is 23.7 Å². The Labute approximate surface area is 113 Å². The molecule has 0 saturated carbocycles. The molecule has 0 aliphatic carbocycles. The average Bonchev–Trinajstić information content (AvgIpc) is 2.30. The number of hydrogen-bond acceptors (Lipinski definition) is 2. The van der Waals surface area contributed by atoms with Crippen LogP contribution in [0.3, 0.4) is 0 Å². The average molecular weight is 271 g/mol. The van der Waals surface area contributed by atoms with E-state index in [1.54, 1.807) is 0 Å². The standard InChI is InChI=1S/C13H16Cl2N2/c1-10(2)17(8-4-7-16)13-11(9-14)5-3-6-12(13)15/h3,5-6,10H,4,8-9H2,1-2H3. The number of nitrogens with zero attached hydrogens (tertiary/aromatic N) is 2. The Morgan fingerprint density at radius 3 is 2.65 bits per heavy atom. The summed E-state index contributed by atoms with van der Waals surface area (Å²) in [4.78, 5) is 2.13. The van der Waals surface area contributed by atoms with E-state index in [4.69, 9.17) is 28.5 Å². The van der Waals surface area contributed by atoms with Crippen LogP contribution in [0.25, 0.3) is 0 Å². The van der Waals surface area contributed by atoms with Crippen molar-refractivity contribution in [3.05, 3.63) is 28.8 Å². The van der Waals surface area contributed by atoms with Crippen molar-refractivity contribution in [1.29, 1.82) is 5.26 Å². The maximum atomic E-state index is 8.70. The Kier molecular flexibility index (Phi) is 5.61. The van der Waals surface area contributed by atoms with Gasteiger partial charge in [-0.2, -0.15) is 5.26 Å². The molecule has 2 nitrogen and oxygen atoms in total. The minimum absolute atomic E-state index is 0.283. The van der Waals surface area contributed by atoms with Gasteiger partial charge in [0.15, 0.2) is 0 Å². The van der Waals surface area contributed by atoms with Crippen LogP contribution < -0.4 is 4.90 Å². The summed E-state index contributed by atoms with van der Waals surface area (Å²) < 4.78 is 0. The lowest BCUT2D eigenvalue weighted by Gasteiger charge is -2.30. The predicted molar refractivity (Wildman–Crippen MR) is 73.7 cm³/mol. The van der Waals surface area contributed by atoms with E-state index in [1.165, 1.54) is 0 Å². The van der Waals surface area contributed by atoms with Crippen molar-refractivity contribution in [2.24, 2.45) is 0 Å². The molecule has 0 spiro atoms. The molecule has 0 atom stereocenters. The lowest BCUT2D eigenvalue weighted by Crippen LogP contribution is -2.32. The zero-order valence-corrected chi connectivity index (χ0v) is 11.6. The van der Waals surface area contributed by atoms with E-state index in [0.29, 0.717) is 23.9 Å². The minimum Gasteiger partial charge on any atom is -0.367 e. The summed E-state index contributed by atoms with van der Waals surface area (Å²) in [7, 11) is 0. The fourth-order valence-corrected chi connectivity index (χ4v) is 2.31. The number of hydrogen-bond donors (Lipinski definition) is 0. The zero-order valence-electron chi connectivity index (χ0n) is 10.1. The molecule has 0 N–H and O–H groups in total. The summed E-state index contributed by atoms with van der Waals surface area (Å²) in [5.74, 6) is 0.422. The van der Waals surface area contributed by atoms with E-state index in [9.17, 15) is 0 Å². The molecule has 0 fully saturated rings. The van der Waals surface area contributed by atoms with Crippen LogP contribution in [0.2, 0.25) is 5.02 Å². The van der Waals surface area contributed by atoms with Gasteiger partial charge in [-0.15, -0.1) is 11.6 Å². The summed E-state index contributed by atoms with van der Waals surface area (Å²) in [5.41, 5.74) is 1.96. The number of alkyl halides is 1. The number of benzene rings is 1. The van der Waals surface area contributed by atoms with Gasteiger partial charge in [-0.3, -0.25) is 0 Å². The van der Waals surface area contributed by atoms with Crippen molar-refractivity contribution < 1.29 is 0 Å². The smallest absolute Gasteiger partial charge is 0.0642 e. The SMILES string of the molecule is CC(C)N(CCC#N)c1c(Cl)cccc1CCl. The Hall–Kier alpha value is -0.910. The van der Waals surface area contributed by atoms with E-state index in [1.807, 2.05) is 18.2 Å². The van der Waals surface area contributed by atoms with Crippen molar-refractivity contribution in [2.45, 2.75) is 32.2 Å². The maximum Gasteiger partial charge on any atom is 0.0642 e. The monoisotopic (exact) mass is 270 g/mol. The van der Waals surface area contributed by atoms with Crippen molar-refractivity contribution in [2.75, 3.05) is 11.4 Å². The lowest BCUT2D eigenvalue weighted by molar-refractivity contribution is 0.684. The number of para-hydroxylation sites is 1. The van der Waals surface area contributed by atoms with Crippen molar-refractivity contribution in [3.8, 4) is 6.07 Å². The van der Waals surface area contributed by atoms with Crippen LogP contribution in [0, 0.1) is 11.3 Å². The second-order valence-electron chi connectivity index (χ2n) is 4.08. The van der Waals surface area contributed by atoms with Gasteiger partial charge in [0.25, 0.3) is 0 Å². The van der Waals surface area contributed by atoms with Gasteiger partial charge < -0.3 is 4.90 Å².